The van der Waals surface area contributed by atoms with E-state index >= 15 is 0 Å². The van der Waals surface area contributed by atoms with Gasteiger partial charge in [-0.15, -0.1) is 11.8 Å². The number of carbonyl (C=O) groups excluding carboxylic acids is 1. The van der Waals surface area contributed by atoms with Gasteiger partial charge in [0.15, 0.2) is 11.5 Å². The van der Waals surface area contributed by atoms with Gasteiger partial charge in [-0.2, -0.15) is 0 Å². The Labute approximate surface area is 142 Å². The molecule has 2 rings (SSSR count). The van der Waals surface area contributed by atoms with E-state index in [1.165, 1.54) is 0 Å². The SMILES string of the molecule is COc1ccc([C@H]2S[C@H](C)C(=O)N2CC[NH2+]C(C)C)cc1OC. The lowest BCUT2D eigenvalue weighted by Gasteiger charge is -2.24. The molecule has 128 valence electrons. The number of benzene rings is 1. The highest BCUT2D eigenvalue weighted by Gasteiger charge is 2.38. The Morgan fingerprint density at radius 2 is 1.96 bits per heavy atom. The summed E-state index contributed by atoms with van der Waals surface area (Å²) in [6, 6.07) is 6.43. The van der Waals surface area contributed by atoms with Crippen LogP contribution in [0.5, 0.6) is 11.5 Å². The summed E-state index contributed by atoms with van der Waals surface area (Å²) in [7, 11) is 3.26. The van der Waals surface area contributed by atoms with Gasteiger partial charge in [0.2, 0.25) is 5.91 Å². The Morgan fingerprint density at radius 1 is 1.26 bits per heavy atom. The zero-order chi connectivity index (χ0) is 17.0. The Bertz CT molecular complexity index is 551. The van der Waals surface area contributed by atoms with Crippen LogP contribution < -0.4 is 14.8 Å². The van der Waals surface area contributed by atoms with Crippen molar-refractivity contribution in [3.63, 3.8) is 0 Å². The number of thioether (sulfide) groups is 1. The minimum atomic E-state index is -0.00727. The molecule has 0 aliphatic carbocycles. The monoisotopic (exact) mass is 339 g/mol. The first-order valence-corrected chi connectivity index (χ1v) is 8.93. The normalized spacial score (nSPS) is 21.1. The Kier molecular flexibility index (Phi) is 6.18. The van der Waals surface area contributed by atoms with Crippen molar-refractivity contribution in [3.05, 3.63) is 23.8 Å². The Hall–Kier alpha value is -1.40. The average Bonchev–Trinajstić information content (AvgIpc) is 2.82. The topological polar surface area (TPSA) is 55.4 Å². The van der Waals surface area contributed by atoms with Crippen LogP contribution in [0.4, 0.5) is 0 Å². The predicted octanol–water partition coefficient (Wildman–Crippen LogP) is 1.64. The van der Waals surface area contributed by atoms with Crippen LogP contribution >= 0.6 is 11.8 Å². The first-order valence-electron chi connectivity index (χ1n) is 7.99. The maximum Gasteiger partial charge on any atom is 0.236 e. The fraction of sp³-hybridized carbons (Fsp3) is 0.588. The van der Waals surface area contributed by atoms with Crippen LogP contribution in [0.3, 0.4) is 0 Å². The molecule has 2 N–H and O–H groups in total. The molecule has 6 heteroatoms. The van der Waals surface area contributed by atoms with Crippen molar-refractivity contribution in [2.24, 2.45) is 0 Å². The van der Waals surface area contributed by atoms with E-state index in [0.717, 1.165) is 18.7 Å². The number of ether oxygens (including phenoxy) is 2. The van der Waals surface area contributed by atoms with E-state index in [4.69, 9.17) is 9.47 Å². The van der Waals surface area contributed by atoms with Gasteiger partial charge in [0.1, 0.15) is 5.37 Å². The fourth-order valence-electron chi connectivity index (χ4n) is 2.71. The lowest BCUT2D eigenvalue weighted by molar-refractivity contribution is -0.682. The summed E-state index contributed by atoms with van der Waals surface area (Å²) in [5, 5.41) is 2.29. The molecule has 0 aromatic heterocycles. The molecule has 2 atom stereocenters. The summed E-state index contributed by atoms with van der Waals surface area (Å²) >= 11 is 1.69. The van der Waals surface area contributed by atoms with Crippen molar-refractivity contribution in [1.29, 1.82) is 0 Å². The largest absolute Gasteiger partial charge is 0.493 e. The minimum Gasteiger partial charge on any atom is -0.493 e. The van der Waals surface area contributed by atoms with E-state index in [2.05, 4.69) is 19.2 Å². The molecule has 0 radical (unpaired) electrons. The van der Waals surface area contributed by atoms with E-state index in [9.17, 15) is 4.79 Å². The molecular formula is C17H27N2O3S+. The number of amides is 1. The van der Waals surface area contributed by atoms with Crippen molar-refractivity contribution in [3.8, 4) is 11.5 Å². The molecule has 1 aliphatic heterocycles. The number of hydrogen-bond donors (Lipinski definition) is 1. The molecule has 0 spiro atoms. The third kappa shape index (κ3) is 4.12. The zero-order valence-electron chi connectivity index (χ0n) is 14.5. The molecular weight excluding hydrogens is 312 g/mol. The zero-order valence-corrected chi connectivity index (χ0v) is 15.4. The summed E-state index contributed by atoms with van der Waals surface area (Å²) in [5.41, 5.74) is 1.08. The second-order valence-electron chi connectivity index (χ2n) is 6.05. The molecule has 0 saturated carbocycles. The van der Waals surface area contributed by atoms with Crippen LogP contribution in [0.2, 0.25) is 0 Å². The highest BCUT2D eigenvalue weighted by atomic mass is 32.2. The Balaban J connectivity index is 2.19. The van der Waals surface area contributed by atoms with Crippen LogP contribution in [0.1, 0.15) is 31.7 Å². The number of rotatable bonds is 7. The third-order valence-electron chi connectivity index (χ3n) is 3.95. The van der Waals surface area contributed by atoms with Crippen LogP contribution in [0, 0.1) is 0 Å². The molecule has 1 aromatic carbocycles. The first-order chi connectivity index (χ1) is 11.0. The quantitative estimate of drug-likeness (QED) is 0.820. The highest BCUT2D eigenvalue weighted by Crippen LogP contribution is 2.44. The number of hydrogen-bond acceptors (Lipinski definition) is 4. The molecule has 0 bridgehead atoms. The summed E-state index contributed by atoms with van der Waals surface area (Å²) < 4.78 is 10.7. The lowest BCUT2D eigenvalue weighted by atomic mass is 10.1. The number of carbonyl (C=O) groups is 1. The van der Waals surface area contributed by atoms with Gasteiger partial charge >= 0.3 is 0 Å². The maximum absolute atomic E-state index is 12.5. The van der Waals surface area contributed by atoms with E-state index in [0.29, 0.717) is 17.5 Å². The van der Waals surface area contributed by atoms with Crippen LogP contribution in [-0.4, -0.2) is 49.4 Å². The predicted molar refractivity (Wildman–Crippen MR) is 93.0 cm³/mol. The molecule has 1 aliphatic rings. The lowest BCUT2D eigenvalue weighted by Crippen LogP contribution is -2.89. The maximum atomic E-state index is 12.5. The number of quaternary nitrogens is 1. The van der Waals surface area contributed by atoms with Crippen molar-refractivity contribution >= 4 is 17.7 Å². The fourth-order valence-corrected chi connectivity index (χ4v) is 4.01. The van der Waals surface area contributed by atoms with Crippen LogP contribution in [-0.2, 0) is 4.79 Å². The molecule has 0 unspecified atom stereocenters. The van der Waals surface area contributed by atoms with Gasteiger partial charge in [-0.3, -0.25) is 4.79 Å². The van der Waals surface area contributed by atoms with Gasteiger partial charge in [-0.1, -0.05) is 6.07 Å². The molecule has 1 aromatic rings. The third-order valence-corrected chi connectivity index (χ3v) is 5.34. The molecule has 5 nitrogen and oxygen atoms in total. The number of nitrogens with two attached hydrogens (primary N) is 1. The summed E-state index contributed by atoms with van der Waals surface area (Å²) in [4.78, 5) is 14.5. The van der Waals surface area contributed by atoms with Gasteiger partial charge in [0.05, 0.1) is 38.6 Å². The molecule has 1 amide bonds. The van der Waals surface area contributed by atoms with Crippen molar-refractivity contribution in [2.75, 3.05) is 27.3 Å². The summed E-state index contributed by atoms with van der Waals surface area (Å²) in [6.07, 6.45) is 0. The van der Waals surface area contributed by atoms with Gasteiger partial charge in [0.25, 0.3) is 0 Å². The molecule has 1 saturated heterocycles. The second-order valence-corrected chi connectivity index (χ2v) is 7.47. The van der Waals surface area contributed by atoms with Gasteiger partial charge in [-0.25, -0.2) is 0 Å². The van der Waals surface area contributed by atoms with E-state index in [-0.39, 0.29) is 16.5 Å². The van der Waals surface area contributed by atoms with E-state index in [1.807, 2.05) is 30.0 Å². The highest BCUT2D eigenvalue weighted by molar-refractivity contribution is 8.01. The van der Waals surface area contributed by atoms with Crippen molar-refractivity contribution in [1.82, 2.24) is 4.90 Å². The standard InChI is InChI=1S/C17H26N2O3S/c1-11(2)18-8-9-19-16(20)12(3)23-17(19)13-6-7-14(21-4)15(10-13)22-5/h6-7,10-12,17-18H,8-9H2,1-5H3/p+1/t12-,17-/m1/s1. The van der Waals surface area contributed by atoms with E-state index < -0.39 is 0 Å². The summed E-state index contributed by atoms with van der Waals surface area (Å²) in [6.45, 7) is 7.98. The van der Waals surface area contributed by atoms with Gasteiger partial charge in [0, 0.05) is 0 Å². The minimum absolute atomic E-state index is 0.00727. The average molecular weight is 339 g/mol. The Morgan fingerprint density at radius 3 is 2.57 bits per heavy atom. The molecule has 23 heavy (non-hydrogen) atoms. The second kappa shape index (κ2) is 7.93. The van der Waals surface area contributed by atoms with E-state index in [1.54, 1.807) is 26.0 Å². The number of methoxy groups -OCH3 is 2. The summed E-state index contributed by atoms with van der Waals surface area (Å²) in [5.74, 6) is 1.62. The smallest absolute Gasteiger partial charge is 0.236 e. The molecule has 1 heterocycles. The van der Waals surface area contributed by atoms with Crippen LogP contribution in [0.25, 0.3) is 0 Å². The van der Waals surface area contributed by atoms with Crippen molar-refractivity contribution < 1.29 is 19.6 Å². The number of nitrogens with zero attached hydrogens (tertiary/aromatic N) is 1. The van der Waals surface area contributed by atoms with Gasteiger partial charge in [-0.05, 0) is 38.5 Å². The molecule has 1 fully saturated rings. The van der Waals surface area contributed by atoms with Crippen molar-refractivity contribution in [2.45, 2.75) is 37.4 Å². The van der Waals surface area contributed by atoms with Gasteiger partial charge < -0.3 is 19.7 Å². The van der Waals surface area contributed by atoms with Crippen LogP contribution in [0.15, 0.2) is 18.2 Å². The first kappa shape index (κ1) is 17.9.